The molecule has 4 rings (SSSR count). The van der Waals surface area contributed by atoms with Gasteiger partial charge in [-0.3, -0.25) is 9.78 Å². The van der Waals surface area contributed by atoms with E-state index < -0.39 is 11.7 Å². The van der Waals surface area contributed by atoms with Crippen LogP contribution in [0.5, 0.6) is 0 Å². The summed E-state index contributed by atoms with van der Waals surface area (Å²) in [7, 11) is 0. The molecular formula is C22H18FN5OS. The van der Waals surface area contributed by atoms with Gasteiger partial charge in [-0.25, -0.2) is 14.4 Å². The van der Waals surface area contributed by atoms with E-state index in [4.69, 9.17) is 0 Å². The van der Waals surface area contributed by atoms with Crippen LogP contribution < -0.4 is 5.32 Å². The topological polar surface area (TPSA) is 80.7 Å². The smallest absolute Gasteiger partial charge is 0.258 e. The number of hydrogen-bond donors (Lipinski definition) is 1. The number of nitrogens with one attached hydrogen (secondary N) is 1. The number of amides is 1. The molecule has 1 aromatic carbocycles. The van der Waals surface area contributed by atoms with Crippen LogP contribution in [0.2, 0.25) is 0 Å². The van der Waals surface area contributed by atoms with E-state index in [1.807, 2.05) is 32.0 Å². The molecular weight excluding hydrogens is 401 g/mol. The lowest BCUT2D eigenvalue weighted by molar-refractivity contribution is 0.102. The predicted molar refractivity (Wildman–Crippen MR) is 115 cm³/mol. The van der Waals surface area contributed by atoms with E-state index in [9.17, 15) is 9.18 Å². The maximum Gasteiger partial charge on any atom is 0.258 e. The molecule has 3 aromatic heterocycles. The zero-order valence-corrected chi connectivity index (χ0v) is 17.4. The number of benzene rings is 1. The Labute approximate surface area is 177 Å². The molecule has 0 aliphatic carbocycles. The molecule has 6 nitrogen and oxygen atoms in total. The molecule has 0 saturated carbocycles. The number of aromatic nitrogens is 4. The minimum atomic E-state index is -0.521. The monoisotopic (exact) mass is 419 g/mol. The molecule has 1 amide bonds. The van der Waals surface area contributed by atoms with Gasteiger partial charge in [-0.05, 0) is 61.6 Å². The number of nitrogens with zero attached hydrogens (tertiary/aromatic N) is 4. The Morgan fingerprint density at radius 3 is 2.53 bits per heavy atom. The number of pyridine rings is 2. The van der Waals surface area contributed by atoms with Gasteiger partial charge in [0, 0.05) is 29.1 Å². The van der Waals surface area contributed by atoms with Crippen LogP contribution in [0.15, 0.2) is 48.9 Å². The largest absolute Gasteiger partial charge is 0.307 e. The highest BCUT2D eigenvalue weighted by Crippen LogP contribution is 2.30. The fourth-order valence-corrected chi connectivity index (χ4v) is 3.68. The summed E-state index contributed by atoms with van der Waals surface area (Å²) in [6.45, 7) is 5.44. The molecule has 1 N–H and O–H groups in total. The first-order valence-corrected chi connectivity index (χ1v) is 9.99. The molecule has 0 fully saturated rings. The highest BCUT2D eigenvalue weighted by atomic mass is 32.1. The van der Waals surface area contributed by atoms with Crippen LogP contribution >= 0.6 is 11.5 Å². The lowest BCUT2D eigenvalue weighted by atomic mass is 9.99. The van der Waals surface area contributed by atoms with Crippen molar-refractivity contribution in [2.45, 2.75) is 20.8 Å². The number of hydrogen-bond acceptors (Lipinski definition) is 6. The molecule has 3 heterocycles. The van der Waals surface area contributed by atoms with Crippen molar-refractivity contribution in [1.29, 1.82) is 0 Å². The van der Waals surface area contributed by atoms with Gasteiger partial charge >= 0.3 is 0 Å². The van der Waals surface area contributed by atoms with Gasteiger partial charge in [-0.15, -0.1) is 0 Å². The SMILES string of the molecule is Cc1nsc(-c2ccc(C)c(-c3ccc(NC(=O)c4cncc(F)c4C)nc3)c2)n1. The van der Waals surface area contributed by atoms with Gasteiger partial charge < -0.3 is 5.32 Å². The van der Waals surface area contributed by atoms with E-state index in [-0.39, 0.29) is 11.1 Å². The average Bonchev–Trinajstić information content (AvgIpc) is 3.17. The molecule has 0 aliphatic heterocycles. The van der Waals surface area contributed by atoms with Crippen molar-refractivity contribution in [3.05, 3.63) is 77.3 Å². The van der Waals surface area contributed by atoms with E-state index >= 15 is 0 Å². The number of carbonyl (C=O) groups excluding carboxylic acids is 1. The average molecular weight is 419 g/mol. The van der Waals surface area contributed by atoms with Gasteiger partial charge in [0.15, 0.2) is 0 Å². The zero-order chi connectivity index (χ0) is 21.3. The van der Waals surface area contributed by atoms with Crippen molar-refractivity contribution in [3.63, 3.8) is 0 Å². The zero-order valence-electron chi connectivity index (χ0n) is 16.6. The molecule has 0 aliphatic rings. The van der Waals surface area contributed by atoms with E-state index in [0.29, 0.717) is 5.82 Å². The van der Waals surface area contributed by atoms with Crippen molar-refractivity contribution in [2.24, 2.45) is 0 Å². The van der Waals surface area contributed by atoms with Gasteiger partial charge in [-0.2, -0.15) is 4.37 Å². The summed E-state index contributed by atoms with van der Waals surface area (Å²) in [5.41, 5.74) is 4.45. The first kappa shape index (κ1) is 19.8. The normalized spacial score (nSPS) is 10.8. The number of halogens is 1. The van der Waals surface area contributed by atoms with Crippen LogP contribution in [0.3, 0.4) is 0 Å². The van der Waals surface area contributed by atoms with Gasteiger partial charge in [0.05, 0.1) is 11.8 Å². The molecule has 0 spiro atoms. The summed E-state index contributed by atoms with van der Waals surface area (Å²) in [4.78, 5) is 25.0. The van der Waals surface area contributed by atoms with Crippen LogP contribution in [0, 0.1) is 26.6 Å². The fraction of sp³-hybridized carbons (Fsp3) is 0.136. The second kappa shape index (κ2) is 8.08. The van der Waals surface area contributed by atoms with Crippen LogP contribution in [0.1, 0.15) is 27.3 Å². The van der Waals surface area contributed by atoms with Crippen LogP contribution in [-0.2, 0) is 0 Å². The van der Waals surface area contributed by atoms with Gasteiger partial charge in [0.2, 0.25) is 0 Å². The third kappa shape index (κ3) is 3.95. The molecule has 4 aromatic rings. The van der Waals surface area contributed by atoms with E-state index in [0.717, 1.165) is 39.3 Å². The number of carbonyl (C=O) groups is 1. The molecule has 0 unspecified atom stereocenters. The first-order chi connectivity index (χ1) is 14.4. The quantitative estimate of drug-likeness (QED) is 0.505. The molecule has 0 bridgehead atoms. The summed E-state index contributed by atoms with van der Waals surface area (Å²) in [6.07, 6.45) is 4.12. The molecule has 8 heteroatoms. The van der Waals surface area contributed by atoms with Crippen LogP contribution in [-0.4, -0.2) is 25.2 Å². The van der Waals surface area contributed by atoms with Crippen LogP contribution in [0.25, 0.3) is 21.7 Å². The second-order valence-electron chi connectivity index (χ2n) is 6.86. The maximum atomic E-state index is 13.6. The van der Waals surface area contributed by atoms with E-state index in [1.54, 1.807) is 12.3 Å². The molecule has 0 radical (unpaired) electrons. The van der Waals surface area contributed by atoms with Crippen molar-refractivity contribution in [1.82, 2.24) is 19.3 Å². The van der Waals surface area contributed by atoms with Crippen LogP contribution in [0.4, 0.5) is 10.2 Å². The van der Waals surface area contributed by atoms with E-state index in [1.165, 1.54) is 24.7 Å². The summed E-state index contributed by atoms with van der Waals surface area (Å²) in [5, 5.41) is 3.55. The number of aryl methyl sites for hydroxylation is 2. The fourth-order valence-electron chi connectivity index (χ4n) is 3.02. The summed E-state index contributed by atoms with van der Waals surface area (Å²) in [6, 6.07) is 9.73. The standard InChI is InChI=1S/C22H18FN5OS/c1-12-4-5-15(22-26-14(3)28-30-22)8-17(12)16-6-7-20(25-9-16)27-21(29)18-10-24-11-19(23)13(18)2/h4-11H,1-3H3,(H,25,27,29). The minimum Gasteiger partial charge on any atom is -0.307 e. The Bertz CT molecular complexity index is 1240. The lowest BCUT2D eigenvalue weighted by Gasteiger charge is -2.10. The Hall–Kier alpha value is -3.52. The maximum absolute atomic E-state index is 13.6. The Morgan fingerprint density at radius 1 is 1.03 bits per heavy atom. The number of anilines is 1. The first-order valence-electron chi connectivity index (χ1n) is 9.21. The summed E-state index contributed by atoms with van der Waals surface area (Å²) >= 11 is 1.37. The van der Waals surface area contributed by atoms with Crippen molar-refractivity contribution < 1.29 is 9.18 Å². The highest BCUT2D eigenvalue weighted by molar-refractivity contribution is 7.09. The number of rotatable bonds is 4. The molecule has 0 saturated heterocycles. The second-order valence-corrected chi connectivity index (χ2v) is 7.61. The third-order valence-electron chi connectivity index (χ3n) is 4.73. The third-order valence-corrected chi connectivity index (χ3v) is 5.58. The van der Waals surface area contributed by atoms with E-state index in [2.05, 4.69) is 30.7 Å². The molecule has 0 atom stereocenters. The minimum absolute atomic E-state index is 0.178. The highest BCUT2D eigenvalue weighted by Gasteiger charge is 2.14. The summed E-state index contributed by atoms with van der Waals surface area (Å²) in [5.74, 6) is 0.153. The van der Waals surface area contributed by atoms with Gasteiger partial charge in [0.1, 0.15) is 22.5 Å². The Kier molecular flexibility index (Phi) is 5.33. The van der Waals surface area contributed by atoms with Crippen molar-refractivity contribution in [2.75, 3.05) is 5.32 Å². The molecule has 30 heavy (non-hydrogen) atoms. The Morgan fingerprint density at radius 2 is 1.83 bits per heavy atom. The van der Waals surface area contributed by atoms with Gasteiger partial charge in [0.25, 0.3) is 5.91 Å². The van der Waals surface area contributed by atoms with Crippen molar-refractivity contribution in [3.8, 4) is 21.7 Å². The van der Waals surface area contributed by atoms with Gasteiger partial charge in [-0.1, -0.05) is 12.1 Å². The van der Waals surface area contributed by atoms with Crippen molar-refractivity contribution >= 4 is 23.3 Å². The lowest BCUT2D eigenvalue weighted by Crippen LogP contribution is -2.15. The molecule has 150 valence electrons. The Balaban J connectivity index is 1.58. The summed E-state index contributed by atoms with van der Waals surface area (Å²) < 4.78 is 17.9. The predicted octanol–water partition coefficient (Wildman–Crippen LogP) is 4.98.